The van der Waals surface area contributed by atoms with Crippen molar-refractivity contribution in [2.45, 2.75) is 6.54 Å². The molecule has 0 saturated carbocycles. The Labute approximate surface area is 203 Å². The molecule has 0 bridgehead atoms. The summed E-state index contributed by atoms with van der Waals surface area (Å²) in [6.45, 7) is 6.53. The Morgan fingerprint density at radius 3 is 2.57 bits per heavy atom. The highest BCUT2D eigenvalue weighted by molar-refractivity contribution is 5.87. The second-order valence-corrected chi connectivity index (χ2v) is 8.48. The maximum Gasteiger partial charge on any atom is 0.410 e. The van der Waals surface area contributed by atoms with Gasteiger partial charge in [-0.2, -0.15) is 0 Å². The number of imidazole rings is 1. The number of nitrogens with two attached hydrogens (primary N) is 1. The number of hydrogen-bond donors (Lipinski definition) is 2. The van der Waals surface area contributed by atoms with Gasteiger partial charge < -0.3 is 20.2 Å². The first-order valence-corrected chi connectivity index (χ1v) is 11.7. The summed E-state index contributed by atoms with van der Waals surface area (Å²) in [7, 11) is 0. The zero-order valence-electron chi connectivity index (χ0n) is 19.4. The van der Waals surface area contributed by atoms with Crippen molar-refractivity contribution < 1.29 is 14.3 Å². The summed E-state index contributed by atoms with van der Waals surface area (Å²) in [5.41, 5.74) is 8.51. The Balaban J connectivity index is 1.19. The SMILES string of the molecule is NC(=O)Oc1cccc2[nH]c(-c3cnccc3OCCN3CCN(Cc4ccccc4)CC3)nc12. The molecule has 2 aromatic carbocycles. The topological polar surface area (TPSA) is 110 Å². The lowest BCUT2D eigenvalue weighted by atomic mass is 10.2. The summed E-state index contributed by atoms with van der Waals surface area (Å²) in [4.78, 5) is 28.2. The Morgan fingerprint density at radius 2 is 1.77 bits per heavy atom. The third kappa shape index (κ3) is 5.59. The Morgan fingerprint density at radius 1 is 0.971 bits per heavy atom. The van der Waals surface area contributed by atoms with Crippen molar-refractivity contribution in [3.63, 3.8) is 0 Å². The molecular weight excluding hydrogens is 444 g/mol. The van der Waals surface area contributed by atoms with E-state index in [0.29, 0.717) is 29.4 Å². The number of aromatic nitrogens is 3. The first kappa shape index (κ1) is 22.8. The van der Waals surface area contributed by atoms with E-state index >= 15 is 0 Å². The zero-order chi connectivity index (χ0) is 24.0. The number of nitrogens with zero attached hydrogens (tertiary/aromatic N) is 4. The van der Waals surface area contributed by atoms with Crippen LogP contribution in [0.4, 0.5) is 4.79 Å². The molecule has 1 saturated heterocycles. The lowest BCUT2D eigenvalue weighted by molar-refractivity contribution is 0.112. The number of piperazine rings is 1. The number of benzene rings is 2. The molecule has 5 rings (SSSR count). The monoisotopic (exact) mass is 472 g/mol. The van der Waals surface area contributed by atoms with Gasteiger partial charge in [-0.15, -0.1) is 0 Å². The molecule has 1 amide bonds. The molecule has 1 fully saturated rings. The van der Waals surface area contributed by atoms with Gasteiger partial charge in [-0.3, -0.25) is 14.8 Å². The number of ether oxygens (including phenoxy) is 2. The third-order valence-electron chi connectivity index (χ3n) is 6.10. The maximum absolute atomic E-state index is 11.2. The van der Waals surface area contributed by atoms with Crippen LogP contribution < -0.4 is 15.2 Å². The number of H-pyrrole nitrogens is 1. The van der Waals surface area contributed by atoms with Crippen molar-refractivity contribution in [2.24, 2.45) is 5.73 Å². The van der Waals surface area contributed by atoms with E-state index in [4.69, 9.17) is 15.2 Å². The highest BCUT2D eigenvalue weighted by Gasteiger charge is 2.18. The Hall–Kier alpha value is -3.95. The molecule has 180 valence electrons. The quantitative estimate of drug-likeness (QED) is 0.405. The predicted octanol–water partition coefficient (Wildman–Crippen LogP) is 3.28. The molecule has 3 heterocycles. The fraction of sp³-hybridized carbons (Fsp3) is 0.269. The third-order valence-corrected chi connectivity index (χ3v) is 6.10. The largest absolute Gasteiger partial charge is 0.491 e. The second-order valence-electron chi connectivity index (χ2n) is 8.48. The first-order chi connectivity index (χ1) is 17.2. The van der Waals surface area contributed by atoms with Gasteiger partial charge in [0.1, 0.15) is 23.7 Å². The summed E-state index contributed by atoms with van der Waals surface area (Å²) in [6.07, 6.45) is 2.53. The molecule has 9 heteroatoms. The minimum absolute atomic E-state index is 0.301. The van der Waals surface area contributed by atoms with Crippen molar-refractivity contribution in [3.05, 3.63) is 72.6 Å². The molecular formula is C26H28N6O3. The van der Waals surface area contributed by atoms with Crippen LogP contribution in [0.1, 0.15) is 5.56 Å². The van der Waals surface area contributed by atoms with E-state index < -0.39 is 6.09 Å². The molecule has 0 unspecified atom stereocenters. The number of rotatable bonds is 8. The van der Waals surface area contributed by atoms with E-state index in [1.54, 1.807) is 24.5 Å². The number of carbonyl (C=O) groups is 1. The van der Waals surface area contributed by atoms with Crippen LogP contribution in [0.3, 0.4) is 0 Å². The molecule has 9 nitrogen and oxygen atoms in total. The van der Waals surface area contributed by atoms with Crippen LogP contribution in [-0.4, -0.2) is 70.2 Å². The minimum Gasteiger partial charge on any atom is -0.491 e. The molecule has 1 aliphatic heterocycles. The fourth-order valence-electron chi connectivity index (χ4n) is 4.31. The second kappa shape index (κ2) is 10.5. The van der Waals surface area contributed by atoms with E-state index in [1.807, 2.05) is 12.1 Å². The number of para-hydroxylation sites is 1. The van der Waals surface area contributed by atoms with Crippen molar-refractivity contribution in [3.8, 4) is 22.9 Å². The van der Waals surface area contributed by atoms with E-state index in [0.717, 1.165) is 50.3 Å². The highest BCUT2D eigenvalue weighted by Crippen LogP contribution is 2.31. The predicted molar refractivity (Wildman–Crippen MR) is 133 cm³/mol. The molecule has 0 atom stereocenters. The van der Waals surface area contributed by atoms with Gasteiger partial charge in [0.15, 0.2) is 5.75 Å². The number of carbonyl (C=O) groups excluding carboxylic acids is 1. The average Bonchev–Trinajstić information content (AvgIpc) is 3.31. The van der Waals surface area contributed by atoms with Gasteiger partial charge in [0.25, 0.3) is 0 Å². The molecule has 1 aliphatic rings. The lowest BCUT2D eigenvalue weighted by Gasteiger charge is -2.34. The molecule has 0 radical (unpaired) electrons. The summed E-state index contributed by atoms with van der Waals surface area (Å²) in [5.74, 6) is 1.58. The van der Waals surface area contributed by atoms with Gasteiger partial charge >= 0.3 is 6.09 Å². The van der Waals surface area contributed by atoms with Gasteiger partial charge in [-0.25, -0.2) is 9.78 Å². The minimum atomic E-state index is -0.881. The zero-order valence-corrected chi connectivity index (χ0v) is 19.4. The van der Waals surface area contributed by atoms with Crippen LogP contribution in [0.15, 0.2) is 67.0 Å². The van der Waals surface area contributed by atoms with Crippen LogP contribution in [-0.2, 0) is 6.54 Å². The van der Waals surface area contributed by atoms with Crippen molar-refractivity contribution in [2.75, 3.05) is 39.3 Å². The number of hydrogen-bond acceptors (Lipinski definition) is 7. The number of fused-ring (bicyclic) bond motifs is 1. The van der Waals surface area contributed by atoms with Crippen molar-refractivity contribution >= 4 is 17.1 Å². The standard InChI is InChI=1S/C26H28N6O3/c27-26(33)35-23-8-4-7-21-24(23)30-25(29-21)20-17-28-10-9-22(20)34-16-15-31-11-13-32(14-12-31)18-19-5-2-1-3-6-19/h1-10,17H,11-16,18H2,(H2,27,33)(H,29,30). The lowest BCUT2D eigenvalue weighted by Crippen LogP contribution is -2.47. The van der Waals surface area contributed by atoms with Crippen molar-refractivity contribution in [1.29, 1.82) is 0 Å². The van der Waals surface area contributed by atoms with Gasteiger partial charge in [0, 0.05) is 51.7 Å². The van der Waals surface area contributed by atoms with E-state index in [1.165, 1.54) is 5.56 Å². The number of amides is 1. The van der Waals surface area contributed by atoms with Gasteiger partial charge in [0.2, 0.25) is 0 Å². The average molecular weight is 473 g/mol. The van der Waals surface area contributed by atoms with E-state index in [2.05, 4.69) is 55.1 Å². The highest BCUT2D eigenvalue weighted by atomic mass is 16.5. The molecule has 4 aromatic rings. The molecule has 35 heavy (non-hydrogen) atoms. The Kier molecular flexibility index (Phi) is 6.87. The molecule has 2 aromatic heterocycles. The number of primary amides is 1. The normalized spacial score (nSPS) is 14.7. The molecule has 0 aliphatic carbocycles. The summed E-state index contributed by atoms with van der Waals surface area (Å²) in [6, 6.07) is 17.7. The van der Waals surface area contributed by atoms with E-state index in [-0.39, 0.29) is 0 Å². The van der Waals surface area contributed by atoms with Crippen LogP contribution in [0.25, 0.3) is 22.4 Å². The smallest absolute Gasteiger partial charge is 0.410 e. The number of pyridine rings is 1. The number of aromatic amines is 1. The summed E-state index contributed by atoms with van der Waals surface area (Å²) in [5, 5.41) is 0. The van der Waals surface area contributed by atoms with Crippen LogP contribution >= 0.6 is 0 Å². The first-order valence-electron chi connectivity index (χ1n) is 11.7. The van der Waals surface area contributed by atoms with Crippen LogP contribution in [0, 0.1) is 0 Å². The van der Waals surface area contributed by atoms with Crippen molar-refractivity contribution in [1.82, 2.24) is 24.8 Å². The Bertz CT molecular complexity index is 1280. The van der Waals surface area contributed by atoms with Gasteiger partial charge in [0.05, 0.1) is 11.1 Å². The fourth-order valence-corrected chi connectivity index (χ4v) is 4.31. The molecule has 3 N–H and O–H groups in total. The van der Waals surface area contributed by atoms with E-state index in [9.17, 15) is 4.79 Å². The van der Waals surface area contributed by atoms with Crippen LogP contribution in [0.2, 0.25) is 0 Å². The maximum atomic E-state index is 11.2. The van der Waals surface area contributed by atoms with Gasteiger partial charge in [-0.1, -0.05) is 36.4 Å². The summed E-state index contributed by atoms with van der Waals surface area (Å²) >= 11 is 0. The number of nitrogens with one attached hydrogen (secondary N) is 1. The molecule has 0 spiro atoms. The van der Waals surface area contributed by atoms with Gasteiger partial charge in [-0.05, 0) is 23.8 Å². The summed E-state index contributed by atoms with van der Waals surface area (Å²) < 4.78 is 11.2. The van der Waals surface area contributed by atoms with Crippen LogP contribution in [0.5, 0.6) is 11.5 Å².